The van der Waals surface area contributed by atoms with Gasteiger partial charge in [-0.3, -0.25) is 38.9 Å². The van der Waals surface area contributed by atoms with E-state index in [4.69, 9.17) is 5.73 Å². The van der Waals surface area contributed by atoms with E-state index in [1.165, 1.54) is 6.92 Å². The Hall–Kier alpha value is -5.91. The van der Waals surface area contributed by atoms with Crippen LogP contribution in [-0.2, 0) is 46.4 Å². The molecular formula is C48H73N7O11. The standard InChI is InChI=1S/C48H73N7O11/c1-33(2)30-39(46(61)51-38(44(49)59)31-35-22-16-14-17-23-35)52-47(62)43(34(3)56)54-42(58)27-21-13-11-9-7-5-4-6-8-10-12-20-26-41(57)50-37(28-29-55(65)66)45(60)53-40(48(63)64)32-36-24-18-15-19-25-36/h14-19,22-25,33-34,37-40,43,56H,4-13,20-21,26-32H2,1-3H3,(H2,49,59)(H,50,57)(H,51,61)(H,52,62)(H,53,60)(H,54,58)(H,63,64)/t34-,37+,38+,39+,40+,43+/m1/s1. The van der Waals surface area contributed by atoms with Crippen molar-refractivity contribution in [1.82, 2.24) is 26.6 Å². The molecule has 0 saturated heterocycles. The lowest BCUT2D eigenvalue weighted by Crippen LogP contribution is -2.59. The first kappa shape index (κ1) is 56.2. The number of hydrogen-bond acceptors (Lipinski definition) is 10. The highest BCUT2D eigenvalue weighted by molar-refractivity contribution is 5.94. The van der Waals surface area contributed by atoms with Crippen LogP contribution in [0.25, 0.3) is 0 Å². The van der Waals surface area contributed by atoms with Crippen molar-refractivity contribution >= 4 is 41.4 Å². The number of aliphatic hydroxyl groups is 1. The summed E-state index contributed by atoms with van der Waals surface area (Å²) >= 11 is 0. The van der Waals surface area contributed by atoms with E-state index in [0.29, 0.717) is 18.4 Å². The average molecular weight is 924 g/mol. The van der Waals surface area contributed by atoms with Gasteiger partial charge in [-0.25, -0.2) is 4.79 Å². The quantitative estimate of drug-likeness (QED) is 0.0278. The molecule has 9 N–H and O–H groups in total. The van der Waals surface area contributed by atoms with Crippen molar-refractivity contribution in [2.24, 2.45) is 11.7 Å². The molecule has 18 heteroatoms. The van der Waals surface area contributed by atoms with E-state index in [1.54, 1.807) is 30.3 Å². The van der Waals surface area contributed by atoms with Crippen LogP contribution >= 0.6 is 0 Å². The van der Waals surface area contributed by atoms with Gasteiger partial charge in [0.2, 0.25) is 42.0 Å². The van der Waals surface area contributed by atoms with Gasteiger partial charge in [0.15, 0.2) is 0 Å². The van der Waals surface area contributed by atoms with Crippen LogP contribution in [0, 0.1) is 16.0 Å². The molecule has 0 spiro atoms. The summed E-state index contributed by atoms with van der Waals surface area (Å²) in [7, 11) is 0. The van der Waals surface area contributed by atoms with Crippen LogP contribution in [0.4, 0.5) is 0 Å². The molecule has 0 aromatic heterocycles. The van der Waals surface area contributed by atoms with E-state index < -0.39 is 83.3 Å². The Morgan fingerprint density at radius 1 is 0.576 bits per heavy atom. The molecule has 2 aromatic carbocycles. The highest BCUT2D eigenvalue weighted by Crippen LogP contribution is 2.14. The summed E-state index contributed by atoms with van der Waals surface area (Å²) in [5.74, 6) is -4.88. The summed E-state index contributed by atoms with van der Waals surface area (Å²) in [6, 6.07) is 12.0. The maximum absolute atomic E-state index is 13.3. The Bertz CT molecular complexity index is 1810. The third-order valence-corrected chi connectivity index (χ3v) is 11.1. The Labute approximate surface area is 388 Å². The molecule has 0 aliphatic heterocycles. The Morgan fingerprint density at radius 2 is 0.985 bits per heavy atom. The van der Waals surface area contributed by atoms with Crippen molar-refractivity contribution in [1.29, 1.82) is 0 Å². The van der Waals surface area contributed by atoms with Gasteiger partial charge < -0.3 is 42.5 Å². The largest absolute Gasteiger partial charge is 0.480 e. The van der Waals surface area contributed by atoms with Gasteiger partial charge in [0, 0.05) is 37.0 Å². The first-order valence-electron chi connectivity index (χ1n) is 23.4. The third-order valence-electron chi connectivity index (χ3n) is 11.1. The minimum Gasteiger partial charge on any atom is -0.480 e. The number of aliphatic carboxylic acids is 1. The average Bonchev–Trinajstić information content (AvgIpc) is 3.26. The second-order valence-electron chi connectivity index (χ2n) is 17.4. The van der Waals surface area contributed by atoms with Crippen LogP contribution in [-0.4, -0.2) is 99.4 Å². The lowest BCUT2D eigenvalue weighted by atomic mass is 10.0. The van der Waals surface area contributed by atoms with Crippen molar-refractivity contribution < 1.29 is 48.7 Å². The van der Waals surface area contributed by atoms with E-state index in [9.17, 15) is 53.9 Å². The molecule has 0 saturated carbocycles. The summed E-state index contributed by atoms with van der Waals surface area (Å²) in [5, 5.41) is 43.9. The maximum Gasteiger partial charge on any atom is 0.326 e. The molecule has 2 rings (SSSR count). The summed E-state index contributed by atoms with van der Waals surface area (Å²) < 4.78 is 0. The number of amides is 6. The van der Waals surface area contributed by atoms with E-state index in [2.05, 4.69) is 26.6 Å². The predicted molar refractivity (Wildman–Crippen MR) is 249 cm³/mol. The molecule has 66 heavy (non-hydrogen) atoms. The minimum absolute atomic E-state index is 0.00781. The normalized spacial score (nSPS) is 13.8. The van der Waals surface area contributed by atoms with E-state index in [0.717, 1.165) is 69.8 Å². The number of nitrogens with one attached hydrogen (secondary N) is 5. The van der Waals surface area contributed by atoms with Gasteiger partial charge in [-0.2, -0.15) is 0 Å². The van der Waals surface area contributed by atoms with E-state index in [1.807, 2.05) is 44.2 Å². The molecule has 0 bridgehead atoms. The van der Waals surface area contributed by atoms with Crippen LogP contribution in [0.1, 0.15) is 135 Å². The molecule has 0 unspecified atom stereocenters. The number of carbonyl (C=O) groups excluding carboxylic acids is 6. The number of aliphatic hydroxyl groups excluding tert-OH is 1. The van der Waals surface area contributed by atoms with Gasteiger partial charge in [-0.1, -0.05) is 139 Å². The molecule has 0 heterocycles. The first-order valence-corrected chi connectivity index (χ1v) is 23.4. The molecule has 0 fully saturated rings. The van der Waals surface area contributed by atoms with Gasteiger partial charge in [0.1, 0.15) is 30.2 Å². The number of benzene rings is 2. The zero-order valence-corrected chi connectivity index (χ0v) is 38.8. The van der Waals surface area contributed by atoms with Crippen molar-refractivity contribution in [3.05, 3.63) is 81.9 Å². The molecule has 6 amide bonds. The number of carboxylic acids is 1. The summed E-state index contributed by atoms with van der Waals surface area (Å²) in [6.45, 7) is 4.58. The summed E-state index contributed by atoms with van der Waals surface area (Å²) in [5.41, 5.74) is 7.08. The van der Waals surface area contributed by atoms with Gasteiger partial charge >= 0.3 is 5.97 Å². The van der Waals surface area contributed by atoms with Crippen molar-refractivity contribution in [2.45, 2.75) is 173 Å². The van der Waals surface area contributed by atoms with Gasteiger partial charge in [-0.15, -0.1) is 0 Å². The molecular weight excluding hydrogens is 851 g/mol. The van der Waals surface area contributed by atoms with Crippen LogP contribution in [0.15, 0.2) is 60.7 Å². The van der Waals surface area contributed by atoms with Crippen molar-refractivity contribution in [3.8, 4) is 0 Å². The highest BCUT2D eigenvalue weighted by Gasteiger charge is 2.32. The molecule has 2 aromatic rings. The minimum atomic E-state index is -1.28. The van der Waals surface area contributed by atoms with Crippen LogP contribution in [0.5, 0.6) is 0 Å². The van der Waals surface area contributed by atoms with Gasteiger partial charge in [0.05, 0.1) is 6.10 Å². The van der Waals surface area contributed by atoms with E-state index in [-0.39, 0.29) is 50.4 Å². The lowest BCUT2D eigenvalue weighted by molar-refractivity contribution is -0.480. The fraction of sp³-hybridized carbons (Fsp3) is 0.604. The van der Waals surface area contributed by atoms with Gasteiger partial charge in [-0.05, 0) is 43.2 Å². The predicted octanol–water partition coefficient (Wildman–Crippen LogP) is 4.02. The third kappa shape index (κ3) is 24.4. The topological polar surface area (TPSA) is 289 Å². The fourth-order valence-corrected chi connectivity index (χ4v) is 7.39. The lowest BCUT2D eigenvalue weighted by Gasteiger charge is -2.26. The number of unbranched alkanes of at least 4 members (excludes halogenated alkanes) is 11. The highest BCUT2D eigenvalue weighted by atomic mass is 16.6. The second kappa shape index (κ2) is 31.9. The Kier molecular flexibility index (Phi) is 27.2. The van der Waals surface area contributed by atoms with Crippen LogP contribution < -0.4 is 32.3 Å². The zero-order chi connectivity index (χ0) is 48.9. The maximum atomic E-state index is 13.3. The van der Waals surface area contributed by atoms with Crippen molar-refractivity contribution in [2.75, 3.05) is 6.54 Å². The first-order chi connectivity index (χ1) is 31.5. The van der Waals surface area contributed by atoms with Crippen LogP contribution in [0.2, 0.25) is 0 Å². The molecule has 366 valence electrons. The van der Waals surface area contributed by atoms with Crippen molar-refractivity contribution in [3.63, 3.8) is 0 Å². The van der Waals surface area contributed by atoms with Crippen LogP contribution in [0.3, 0.4) is 0 Å². The second-order valence-corrected chi connectivity index (χ2v) is 17.4. The monoisotopic (exact) mass is 924 g/mol. The number of primary amides is 1. The Morgan fingerprint density at radius 3 is 1.41 bits per heavy atom. The SMILES string of the molecule is CC(C)C[C@H](NC(=O)[C@@H](NC(=O)CCCCCCCCCCCCCCC(=O)N[C@@H](CC[N+](=O)[O-])C(=O)N[C@@H](Cc1ccccc1)C(=O)O)[C@@H](C)O)C(=O)N[C@@H](Cc1ccccc1)C(N)=O. The number of rotatable bonds is 35. The molecule has 0 aliphatic carbocycles. The number of nitrogens with zero attached hydrogens (tertiary/aromatic N) is 1. The molecule has 0 aliphatic rings. The number of carboxylic acid groups (broad SMARTS) is 1. The molecule has 18 nitrogen and oxygen atoms in total. The van der Waals surface area contributed by atoms with E-state index >= 15 is 0 Å². The smallest absolute Gasteiger partial charge is 0.326 e. The fourth-order valence-electron chi connectivity index (χ4n) is 7.39. The number of nitrogens with two attached hydrogens (primary N) is 1. The zero-order valence-electron chi connectivity index (χ0n) is 38.8. The summed E-state index contributed by atoms with van der Waals surface area (Å²) in [6.07, 6.45) is 10.2. The molecule has 6 atom stereocenters. The number of hydrogen-bond donors (Lipinski definition) is 8. The van der Waals surface area contributed by atoms with Gasteiger partial charge in [0.25, 0.3) is 0 Å². The Balaban J connectivity index is 1.63. The summed E-state index contributed by atoms with van der Waals surface area (Å²) in [4.78, 5) is 99.4. The number of carbonyl (C=O) groups is 7. The number of nitro groups is 1. The molecule has 0 radical (unpaired) electrons.